The molecule has 0 fully saturated rings. The number of hydrogen-bond donors (Lipinski definition) is 2. The Hall–Kier alpha value is -1.75. The fourth-order valence-electron chi connectivity index (χ4n) is 2.37. The lowest BCUT2D eigenvalue weighted by Gasteiger charge is -2.22. The van der Waals surface area contributed by atoms with Crippen molar-refractivity contribution in [2.75, 3.05) is 30.3 Å². The van der Waals surface area contributed by atoms with Crippen LogP contribution in [0.25, 0.3) is 0 Å². The highest BCUT2D eigenvalue weighted by atomic mass is 35.5. The minimum absolute atomic E-state index is 0.0288. The van der Waals surface area contributed by atoms with Crippen molar-refractivity contribution in [2.24, 2.45) is 0 Å². The summed E-state index contributed by atoms with van der Waals surface area (Å²) in [4.78, 5) is 25.8. The van der Waals surface area contributed by atoms with Gasteiger partial charge in [0.2, 0.25) is 11.8 Å². The molecule has 1 aromatic rings. The third-order valence-electron chi connectivity index (χ3n) is 3.50. The minimum atomic E-state index is -0.0288. The molecule has 24 heavy (non-hydrogen) atoms. The number of nitrogens with one attached hydrogen (secondary N) is 2. The Morgan fingerprint density at radius 2 is 1.75 bits per heavy atom. The van der Waals surface area contributed by atoms with Gasteiger partial charge in [-0.25, -0.2) is 0 Å². The predicted molar refractivity (Wildman–Crippen MR) is 101 cm³/mol. The van der Waals surface area contributed by atoms with Crippen molar-refractivity contribution in [3.63, 3.8) is 0 Å². The van der Waals surface area contributed by atoms with E-state index in [-0.39, 0.29) is 18.4 Å². The Labute approximate surface area is 149 Å². The molecule has 0 spiro atoms. The van der Waals surface area contributed by atoms with Gasteiger partial charge in [0, 0.05) is 25.2 Å². The molecule has 0 aliphatic rings. The van der Waals surface area contributed by atoms with Gasteiger partial charge >= 0.3 is 0 Å². The Morgan fingerprint density at radius 3 is 2.33 bits per heavy atom. The van der Waals surface area contributed by atoms with E-state index >= 15 is 0 Å². The van der Waals surface area contributed by atoms with Crippen molar-refractivity contribution in [1.82, 2.24) is 4.90 Å². The van der Waals surface area contributed by atoms with Crippen LogP contribution in [-0.2, 0) is 9.59 Å². The summed E-state index contributed by atoms with van der Waals surface area (Å²) in [7, 11) is 0. The number of hydrogen-bond acceptors (Lipinski definition) is 3. The second kappa shape index (κ2) is 10.9. The van der Waals surface area contributed by atoms with Gasteiger partial charge in [-0.2, -0.15) is 0 Å². The molecule has 1 rings (SSSR count). The number of amides is 2. The van der Waals surface area contributed by atoms with Gasteiger partial charge in [-0.3, -0.25) is 9.59 Å². The lowest BCUT2D eigenvalue weighted by Crippen LogP contribution is -2.36. The van der Waals surface area contributed by atoms with Gasteiger partial charge in [0.15, 0.2) is 0 Å². The lowest BCUT2D eigenvalue weighted by molar-refractivity contribution is -0.129. The van der Waals surface area contributed by atoms with E-state index in [1.165, 1.54) is 0 Å². The monoisotopic (exact) mass is 353 g/mol. The number of benzene rings is 1. The van der Waals surface area contributed by atoms with Crippen LogP contribution in [0.3, 0.4) is 0 Å². The zero-order chi connectivity index (χ0) is 17.9. The van der Waals surface area contributed by atoms with Crippen molar-refractivity contribution in [3.8, 4) is 0 Å². The van der Waals surface area contributed by atoms with E-state index in [1.807, 2.05) is 11.8 Å². The Kier molecular flexibility index (Phi) is 9.23. The summed E-state index contributed by atoms with van der Waals surface area (Å²) < 4.78 is 0. The molecule has 2 N–H and O–H groups in total. The zero-order valence-electron chi connectivity index (χ0n) is 14.8. The summed E-state index contributed by atoms with van der Waals surface area (Å²) in [6.45, 7) is 7.78. The standard InChI is InChI=1S/C18H28ClN3O2/c1-4-7-17(23)21-14-8-9-15(19)16(12-14)20-13-18(24)22(10-5-2)11-6-3/h8-9,12,20H,4-7,10-11,13H2,1-3H3,(H,21,23). The maximum Gasteiger partial charge on any atom is 0.241 e. The second-order valence-corrected chi connectivity index (χ2v) is 6.13. The van der Waals surface area contributed by atoms with E-state index in [0.717, 1.165) is 32.4 Å². The highest BCUT2D eigenvalue weighted by molar-refractivity contribution is 6.33. The molecule has 0 saturated carbocycles. The van der Waals surface area contributed by atoms with Gasteiger partial charge in [0.1, 0.15) is 0 Å². The SMILES string of the molecule is CCCC(=O)Nc1ccc(Cl)c(NCC(=O)N(CCC)CCC)c1. The molecule has 6 heteroatoms. The van der Waals surface area contributed by atoms with Gasteiger partial charge in [-0.05, 0) is 37.5 Å². The predicted octanol–water partition coefficient (Wildman–Crippen LogP) is 4.14. The lowest BCUT2D eigenvalue weighted by atomic mass is 10.2. The van der Waals surface area contributed by atoms with Crippen LogP contribution in [0.5, 0.6) is 0 Å². The highest BCUT2D eigenvalue weighted by Gasteiger charge is 2.12. The van der Waals surface area contributed by atoms with Crippen LogP contribution in [0.15, 0.2) is 18.2 Å². The summed E-state index contributed by atoms with van der Waals surface area (Å²) in [6.07, 6.45) is 3.15. The number of carbonyl (C=O) groups excluding carboxylic acids is 2. The molecule has 134 valence electrons. The molecule has 0 aliphatic heterocycles. The highest BCUT2D eigenvalue weighted by Crippen LogP contribution is 2.25. The first-order valence-corrected chi connectivity index (χ1v) is 9.00. The molecule has 0 saturated heterocycles. The molecule has 0 aliphatic carbocycles. The molecule has 0 bridgehead atoms. The Bertz CT molecular complexity index is 543. The van der Waals surface area contributed by atoms with Crippen LogP contribution in [0.4, 0.5) is 11.4 Å². The molecule has 2 amide bonds. The first-order chi connectivity index (χ1) is 11.5. The summed E-state index contributed by atoms with van der Waals surface area (Å²) >= 11 is 6.18. The Balaban J connectivity index is 2.69. The molecule has 0 aromatic heterocycles. The van der Waals surface area contributed by atoms with Crippen molar-refractivity contribution in [2.45, 2.75) is 46.5 Å². The van der Waals surface area contributed by atoms with Crippen LogP contribution in [0.2, 0.25) is 5.02 Å². The first-order valence-electron chi connectivity index (χ1n) is 8.62. The fraction of sp³-hybridized carbons (Fsp3) is 0.556. The number of carbonyl (C=O) groups is 2. The van der Waals surface area contributed by atoms with E-state index < -0.39 is 0 Å². The van der Waals surface area contributed by atoms with Gasteiger partial charge in [-0.15, -0.1) is 0 Å². The quantitative estimate of drug-likeness (QED) is 0.664. The molecule has 0 radical (unpaired) electrons. The molecule has 0 unspecified atom stereocenters. The van der Waals surface area contributed by atoms with Gasteiger partial charge < -0.3 is 15.5 Å². The zero-order valence-corrected chi connectivity index (χ0v) is 15.6. The fourth-order valence-corrected chi connectivity index (χ4v) is 2.56. The van der Waals surface area contributed by atoms with Crippen molar-refractivity contribution in [3.05, 3.63) is 23.2 Å². The summed E-state index contributed by atoms with van der Waals surface area (Å²) in [5, 5.41) is 6.43. The maximum atomic E-state index is 12.3. The third kappa shape index (κ3) is 6.79. The third-order valence-corrected chi connectivity index (χ3v) is 3.83. The van der Waals surface area contributed by atoms with E-state index in [1.54, 1.807) is 18.2 Å². The molecule has 5 nitrogen and oxygen atoms in total. The number of anilines is 2. The first kappa shape index (κ1) is 20.3. The van der Waals surface area contributed by atoms with Crippen LogP contribution in [0, 0.1) is 0 Å². The Morgan fingerprint density at radius 1 is 1.08 bits per heavy atom. The number of nitrogens with zero attached hydrogens (tertiary/aromatic N) is 1. The summed E-state index contributed by atoms with van der Waals surface area (Å²) in [5.74, 6) is 0.0223. The van der Waals surface area contributed by atoms with E-state index in [4.69, 9.17) is 11.6 Å². The van der Waals surface area contributed by atoms with Crippen molar-refractivity contribution < 1.29 is 9.59 Å². The molecule has 1 aromatic carbocycles. The van der Waals surface area contributed by atoms with Crippen LogP contribution in [0.1, 0.15) is 46.5 Å². The van der Waals surface area contributed by atoms with Crippen molar-refractivity contribution >= 4 is 34.8 Å². The minimum Gasteiger partial charge on any atom is -0.375 e. The van der Waals surface area contributed by atoms with Crippen LogP contribution in [-0.4, -0.2) is 36.3 Å². The topological polar surface area (TPSA) is 61.4 Å². The normalized spacial score (nSPS) is 10.3. The van der Waals surface area contributed by atoms with E-state index in [9.17, 15) is 9.59 Å². The second-order valence-electron chi connectivity index (χ2n) is 5.73. The maximum absolute atomic E-state index is 12.3. The van der Waals surface area contributed by atoms with Crippen molar-refractivity contribution in [1.29, 1.82) is 0 Å². The summed E-state index contributed by atoms with van der Waals surface area (Å²) in [6, 6.07) is 5.22. The van der Waals surface area contributed by atoms with Gasteiger partial charge in [0.05, 0.1) is 17.3 Å². The molecular weight excluding hydrogens is 326 g/mol. The molecular formula is C18H28ClN3O2. The smallest absolute Gasteiger partial charge is 0.241 e. The van der Waals surface area contributed by atoms with Crippen LogP contribution >= 0.6 is 11.6 Å². The van der Waals surface area contributed by atoms with E-state index in [0.29, 0.717) is 22.8 Å². The molecule has 0 atom stereocenters. The largest absolute Gasteiger partial charge is 0.375 e. The average molecular weight is 354 g/mol. The average Bonchev–Trinajstić information content (AvgIpc) is 2.55. The number of rotatable bonds is 10. The number of halogens is 1. The van der Waals surface area contributed by atoms with Crippen LogP contribution < -0.4 is 10.6 Å². The summed E-state index contributed by atoms with van der Waals surface area (Å²) in [5.41, 5.74) is 1.32. The van der Waals surface area contributed by atoms with E-state index in [2.05, 4.69) is 24.5 Å². The van der Waals surface area contributed by atoms with Gasteiger partial charge in [0.25, 0.3) is 0 Å². The molecule has 0 heterocycles. The van der Waals surface area contributed by atoms with Gasteiger partial charge in [-0.1, -0.05) is 32.4 Å².